The fraction of sp³-hybridized carbons (Fsp3) is 0.538. The van der Waals surface area contributed by atoms with Gasteiger partial charge in [0.2, 0.25) is 0 Å². The summed E-state index contributed by atoms with van der Waals surface area (Å²) in [5.41, 5.74) is 0.602. The minimum absolute atomic E-state index is 0.402. The smallest absolute Gasteiger partial charge is 0.129 e. The van der Waals surface area contributed by atoms with Crippen molar-refractivity contribution in [3.05, 3.63) is 35.4 Å². The lowest BCUT2D eigenvalue weighted by Crippen LogP contribution is -2.17. The maximum Gasteiger partial charge on any atom is 0.129 e. The number of nitrogens with one attached hydrogen (secondary N) is 1. The predicted octanol–water partition coefficient (Wildman–Crippen LogP) is 3.14. The summed E-state index contributed by atoms with van der Waals surface area (Å²) in [5, 5.41) is 3.23. The Hall–Kier alpha value is -0.960. The molecule has 0 aromatic heterocycles. The molecule has 0 saturated heterocycles. The van der Waals surface area contributed by atoms with Gasteiger partial charge in [0, 0.05) is 6.07 Å². The highest BCUT2D eigenvalue weighted by Gasteiger charge is 2.08. The van der Waals surface area contributed by atoms with Gasteiger partial charge in [-0.15, -0.1) is 0 Å². The zero-order chi connectivity index (χ0) is 12.0. The molecule has 1 nitrogen and oxygen atoms in total. The second-order valence-corrected chi connectivity index (χ2v) is 4.19. The summed E-state index contributed by atoms with van der Waals surface area (Å²) in [6, 6.07) is 3.80. The van der Waals surface area contributed by atoms with Crippen molar-refractivity contribution in [2.75, 3.05) is 13.1 Å². The molecule has 0 spiro atoms. The Bertz CT molecular complexity index is 326. The third-order valence-electron chi connectivity index (χ3n) is 2.65. The van der Waals surface area contributed by atoms with Crippen LogP contribution in [-0.4, -0.2) is 13.1 Å². The lowest BCUT2D eigenvalue weighted by atomic mass is 9.98. The minimum Gasteiger partial charge on any atom is -0.317 e. The van der Waals surface area contributed by atoms with E-state index in [4.69, 9.17) is 0 Å². The molecule has 1 rings (SSSR count). The van der Waals surface area contributed by atoms with Crippen molar-refractivity contribution in [1.29, 1.82) is 0 Å². The van der Waals surface area contributed by atoms with Gasteiger partial charge in [-0.1, -0.05) is 19.9 Å². The van der Waals surface area contributed by atoms with Gasteiger partial charge in [0.25, 0.3) is 0 Å². The lowest BCUT2D eigenvalue weighted by Gasteiger charge is -2.12. The van der Waals surface area contributed by atoms with Crippen LogP contribution >= 0.6 is 0 Å². The first-order chi connectivity index (χ1) is 7.63. The number of halogens is 2. The van der Waals surface area contributed by atoms with E-state index in [1.165, 1.54) is 12.1 Å². The van der Waals surface area contributed by atoms with Crippen LogP contribution in [0.15, 0.2) is 18.2 Å². The van der Waals surface area contributed by atoms with E-state index in [0.29, 0.717) is 17.9 Å². The molecule has 1 aromatic carbocycles. The van der Waals surface area contributed by atoms with Gasteiger partial charge in [-0.05, 0) is 43.5 Å². The molecule has 0 aliphatic rings. The summed E-state index contributed by atoms with van der Waals surface area (Å²) in [4.78, 5) is 0. The number of rotatable bonds is 6. The molecule has 16 heavy (non-hydrogen) atoms. The van der Waals surface area contributed by atoms with E-state index in [1.54, 1.807) is 0 Å². The quantitative estimate of drug-likeness (QED) is 0.736. The molecule has 0 fully saturated rings. The topological polar surface area (TPSA) is 12.0 Å². The van der Waals surface area contributed by atoms with Crippen LogP contribution in [0, 0.1) is 17.6 Å². The number of hydrogen-bond donors (Lipinski definition) is 1. The van der Waals surface area contributed by atoms with Gasteiger partial charge < -0.3 is 5.32 Å². The van der Waals surface area contributed by atoms with Crippen LogP contribution in [0.4, 0.5) is 8.78 Å². The third kappa shape index (κ3) is 4.27. The Morgan fingerprint density at radius 3 is 2.69 bits per heavy atom. The van der Waals surface area contributed by atoms with E-state index in [-0.39, 0.29) is 0 Å². The highest BCUT2D eigenvalue weighted by Crippen LogP contribution is 2.15. The first-order valence-electron chi connectivity index (χ1n) is 5.78. The fourth-order valence-corrected chi connectivity index (χ4v) is 1.69. The first-order valence-corrected chi connectivity index (χ1v) is 5.78. The fourth-order valence-electron chi connectivity index (χ4n) is 1.69. The summed E-state index contributed by atoms with van der Waals surface area (Å²) in [6.45, 7) is 6.04. The molecular weight excluding hydrogens is 208 g/mol. The molecule has 1 aromatic rings. The second-order valence-electron chi connectivity index (χ2n) is 4.19. The maximum absolute atomic E-state index is 13.3. The molecule has 0 radical (unpaired) electrons. The monoisotopic (exact) mass is 227 g/mol. The molecule has 1 N–H and O–H groups in total. The molecular formula is C13H19F2N. The summed E-state index contributed by atoms with van der Waals surface area (Å²) in [7, 11) is 0. The van der Waals surface area contributed by atoms with E-state index in [0.717, 1.165) is 25.6 Å². The summed E-state index contributed by atoms with van der Waals surface area (Å²) in [6.07, 6.45) is 1.67. The average molecular weight is 227 g/mol. The van der Waals surface area contributed by atoms with Crippen LogP contribution in [0.2, 0.25) is 0 Å². The van der Waals surface area contributed by atoms with Gasteiger partial charge in [0.05, 0.1) is 0 Å². The van der Waals surface area contributed by atoms with Gasteiger partial charge in [0.1, 0.15) is 11.6 Å². The molecule has 0 aliphatic carbocycles. The largest absolute Gasteiger partial charge is 0.317 e. The second kappa shape index (κ2) is 6.59. The highest BCUT2D eigenvalue weighted by atomic mass is 19.1. The molecule has 0 heterocycles. The molecule has 0 saturated carbocycles. The molecule has 0 bridgehead atoms. The third-order valence-corrected chi connectivity index (χ3v) is 2.65. The molecule has 0 amide bonds. The van der Waals surface area contributed by atoms with Crippen molar-refractivity contribution >= 4 is 0 Å². The Morgan fingerprint density at radius 2 is 2.06 bits per heavy atom. The van der Waals surface area contributed by atoms with E-state index in [9.17, 15) is 8.78 Å². The Balaban J connectivity index is 2.46. The van der Waals surface area contributed by atoms with E-state index >= 15 is 0 Å². The van der Waals surface area contributed by atoms with Gasteiger partial charge in [-0.25, -0.2) is 8.78 Å². The standard InChI is InChI=1S/C13H19F2N/c1-3-16-7-6-10(2)8-11-4-5-12(14)9-13(11)15/h4-5,9-10,16H,3,6-8H2,1-2H3. The van der Waals surface area contributed by atoms with Crippen LogP contribution < -0.4 is 5.32 Å². The van der Waals surface area contributed by atoms with E-state index in [2.05, 4.69) is 19.2 Å². The van der Waals surface area contributed by atoms with Crippen LogP contribution in [0.1, 0.15) is 25.8 Å². The van der Waals surface area contributed by atoms with Crippen molar-refractivity contribution < 1.29 is 8.78 Å². The summed E-state index contributed by atoms with van der Waals surface area (Å²) >= 11 is 0. The number of hydrogen-bond acceptors (Lipinski definition) is 1. The lowest BCUT2D eigenvalue weighted by molar-refractivity contribution is 0.488. The molecule has 0 aliphatic heterocycles. The van der Waals surface area contributed by atoms with Gasteiger partial charge >= 0.3 is 0 Å². The predicted molar refractivity (Wildman–Crippen MR) is 62.4 cm³/mol. The van der Waals surface area contributed by atoms with Gasteiger partial charge in [-0.3, -0.25) is 0 Å². The summed E-state index contributed by atoms with van der Waals surface area (Å²) in [5.74, 6) is -0.545. The minimum atomic E-state index is -0.512. The molecule has 1 unspecified atom stereocenters. The van der Waals surface area contributed by atoms with E-state index in [1.807, 2.05) is 0 Å². The van der Waals surface area contributed by atoms with Crippen molar-refractivity contribution in [2.24, 2.45) is 5.92 Å². The van der Waals surface area contributed by atoms with Crippen LogP contribution in [0.5, 0.6) is 0 Å². The van der Waals surface area contributed by atoms with Crippen molar-refractivity contribution in [3.8, 4) is 0 Å². The SMILES string of the molecule is CCNCCC(C)Cc1ccc(F)cc1F. The first kappa shape index (κ1) is 13.1. The average Bonchev–Trinajstić information content (AvgIpc) is 2.23. The van der Waals surface area contributed by atoms with Crippen molar-refractivity contribution in [3.63, 3.8) is 0 Å². The van der Waals surface area contributed by atoms with Crippen molar-refractivity contribution in [1.82, 2.24) is 5.32 Å². The molecule has 90 valence electrons. The van der Waals surface area contributed by atoms with Crippen molar-refractivity contribution in [2.45, 2.75) is 26.7 Å². The Kier molecular flexibility index (Phi) is 5.39. The Labute approximate surface area is 95.9 Å². The Morgan fingerprint density at radius 1 is 1.31 bits per heavy atom. The van der Waals surface area contributed by atoms with Crippen LogP contribution in [0.25, 0.3) is 0 Å². The zero-order valence-electron chi connectivity index (χ0n) is 9.89. The normalized spacial score (nSPS) is 12.8. The van der Waals surface area contributed by atoms with Crippen LogP contribution in [-0.2, 0) is 6.42 Å². The van der Waals surface area contributed by atoms with Gasteiger partial charge in [-0.2, -0.15) is 0 Å². The zero-order valence-corrected chi connectivity index (χ0v) is 9.89. The van der Waals surface area contributed by atoms with Crippen LogP contribution in [0.3, 0.4) is 0 Å². The maximum atomic E-state index is 13.3. The molecule has 1 atom stereocenters. The molecule has 3 heteroatoms. The van der Waals surface area contributed by atoms with E-state index < -0.39 is 11.6 Å². The number of benzene rings is 1. The highest BCUT2D eigenvalue weighted by molar-refractivity contribution is 5.18. The van der Waals surface area contributed by atoms with Gasteiger partial charge in [0.15, 0.2) is 0 Å². The summed E-state index contributed by atoms with van der Waals surface area (Å²) < 4.78 is 26.0.